The lowest BCUT2D eigenvalue weighted by molar-refractivity contribution is 0.0344. The van der Waals surface area contributed by atoms with Crippen molar-refractivity contribution in [3.63, 3.8) is 0 Å². The molecule has 2 N–H and O–H groups in total. The third-order valence-corrected chi connectivity index (χ3v) is 9.29. The fourth-order valence-corrected chi connectivity index (χ4v) is 6.39. The Morgan fingerprint density at radius 3 is 2.35 bits per heavy atom. The molecule has 9 nitrogen and oxygen atoms in total. The molecule has 1 aliphatic rings. The molecule has 0 bridgehead atoms. The first kappa shape index (κ1) is 32.9. The normalized spacial score (nSPS) is 17.4. The predicted molar refractivity (Wildman–Crippen MR) is 174 cm³/mol. The van der Waals surface area contributed by atoms with Gasteiger partial charge in [-0.2, -0.15) is 0 Å². The molecular weight excluding hydrogens is 609 g/mol. The summed E-state index contributed by atoms with van der Waals surface area (Å²) in [6.07, 6.45) is -0.456. The van der Waals surface area contributed by atoms with Crippen LogP contribution in [0.25, 0.3) is 0 Å². The molecule has 0 saturated carbocycles. The average molecular weight is 648 g/mol. The van der Waals surface area contributed by atoms with Gasteiger partial charge in [0.05, 0.1) is 28.8 Å². The third kappa shape index (κ3) is 7.85. The van der Waals surface area contributed by atoms with Gasteiger partial charge in [0.15, 0.2) is 5.75 Å². The zero-order chi connectivity index (χ0) is 32.8. The van der Waals surface area contributed by atoms with Crippen LogP contribution >= 0.6 is 0 Å². The molecule has 242 valence electrons. The number of nitrogens with zero attached hydrogens (tertiary/aromatic N) is 2. The van der Waals surface area contributed by atoms with Crippen LogP contribution in [0.2, 0.25) is 0 Å². The van der Waals surface area contributed by atoms with Crippen molar-refractivity contribution >= 4 is 21.6 Å². The highest BCUT2D eigenvalue weighted by Gasteiger charge is 2.35. The zero-order valence-electron chi connectivity index (χ0n) is 26.0. The largest absolute Gasteiger partial charge is 0.486 e. The Balaban J connectivity index is 1.39. The van der Waals surface area contributed by atoms with Gasteiger partial charge in [-0.15, -0.1) is 0 Å². The maximum atomic E-state index is 13.8. The van der Waals surface area contributed by atoms with E-state index >= 15 is 0 Å². The van der Waals surface area contributed by atoms with Crippen molar-refractivity contribution in [2.45, 2.75) is 37.4 Å². The molecule has 5 rings (SSSR count). The van der Waals surface area contributed by atoms with Crippen LogP contribution in [0.15, 0.2) is 102 Å². The van der Waals surface area contributed by atoms with Gasteiger partial charge in [0.1, 0.15) is 23.4 Å². The van der Waals surface area contributed by atoms with Crippen LogP contribution in [0.4, 0.5) is 10.1 Å². The maximum Gasteiger partial charge on any atom is 0.262 e. The maximum absolute atomic E-state index is 13.8. The van der Waals surface area contributed by atoms with Gasteiger partial charge in [-0.25, -0.2) is 12.8 Å². The number of para-hydroxylation sites is 2. The number of amides is 1. The third-order valence-electron chi connectivity index (χ3n) is 7.91. The van der Waals surface area contributed by atoms with Gasteiger partial charge in [-0.05, 0) is 80.2 Å². The van der Waals surface area contributed by atoms with Gasteiger partial charge in [0, 0.05) is 25.6 Å². The highest BCUT2D eigenvalue weighted by molar-refractivity contribution is 7.92. The summed E-state index contributed by atoms with van der Waals surface area (Å²) in [5.41, 5.74) is 1.32. The van der Waals surface area contributed by atoms with Gasteiger partial charge < -0.3 is 19.5 Å². The fraction of sp³-hybridized carbons (Fsp3) is 0.286. The Morgan fingerprint density at radius 1 is 1.00 bits per heavy atom. The van der Waals surface area contributed by atoms with Crippen molar-refractivity contribution in [3.05, 3.63) is 114 Å². The Kier molecular flexibility index (Phi) is 10.3. The monoisotopic (exact) mass is 647 g/mol. The van der Waals surface area contributed by atoms with E-state index in [2.05, 4.69) is 9.62 Å². The number of hydrogen-bond acceptors (Lipinski definition) is 7. The molecule has 1 aliphatic heterocycles. The number of nitrogens with one attached hydrogen (secondary N) is 1. The number of fused-ring (bicyclic) bond motifs is 1. The minimum absolute atomic E-state index is 0.0857. The number of ether oxygens (including phenoxy) is 2. The highest BCUT2D eigenvalue weighted by atomic mass is 32.2. The van der Waals surface area contributed by atoms with E-state index in [4.69, 9.17) is 9.47 Å². The summed E-state index contributed by atoms with van der Waals surface area (Å²) in [4.78, 5) is 17.3. The smallest absolute Gasteiger partial charge is 0.262 e. The van der Waals surface area contributed by atoms with Crippen LogP contribution in [0.5, 0.6) is 17.2 Å². The molecule has 1 amide bonds. The van der Waals surface area contributed by atoms with E-state index in [-0.39, 0.29) is 40.3 Å². The molecule has 0 radical (unpaired) electrons. The number of carbonyl (C=O) groups is 1. The van der Waals surface area contributed by atoms with Gasteiger partial charge in [-0.3, -0.25) is 14.4 Å². The second kappa shape index (κ2) is 14.3. The SMILES string of the molecule is C[C@@H]1CN([C@H](C)CO)C(=O)c2cccc(NS(=O)(=O)c3ccc(F)cc3)c2O[C@H]1CN(C)Cc1ccc(Oc2ccccc2)cc1. The van der Waals surface area contributed by atoms with Crippen molar-refractivity contribution in [3.8, 4) is 17.2 Å². The number of carbonyl (C=O) groups excluding carboxylic acids is 1. The lowest BCUT2D eigenvalue weighted by atomic mass is 9.99. The lowest BCUT2D eigenvalue weighted by Crippen LogP contribution is -2.49. The fourth-order valence-electron chi connectivity index (χ4n) is 5.33. The molecule has 0 saturated heterocycles. The van der Waals surface area contributed by atoms with Gasteiger partial charge >= 0.3 is 0 Å². The first-order chi connectivity index (χ1) is 22.0. The lowest BCUT2D eigenvalue weighted by Gasteiger charge is -2.38. The molecule has 1 heterocycles. The number of rotatable bonds is 11. The molecule has 0 aliphatic carbocycles. The minimum Gasteiger partial charge on any atom is -0.486 e. The summed E-state index contributed by atoms with van der Waals surface area (Å²) in [5.74, 6) is 0.455. The second-order valence-electron chi connectivity index (χ2n) is 11.6. The zero-order valence-corrected chi connectivity index (χ0v) is 26.8. The molecule has 4 aromatic rings. The summed E-state index contributed by atoms with van der Waals surface area (Å²) in [5, 5.41) is 9.97. The summed E-state index contributed by atoms with van der Waals surface area (Å²) in [6, 6.07) is 26.1. The van der Waals surface area contributed by atoms with E-state index < -0.39 is 28.0 Å². The highest BCUT2D eigenvalue weighted by Crippen LogP contribution is 2.36. The minimum atomic E-state index is -4.14. The predicted octanol–water partition coefficient (Wildman–Crippen LogP) is 5.77. The van der Waals surface area contributed by atoms with Crippen LogP contribution in [0.1, 0.15) is 29.8 Å². The van der Waals surface area contributed by atoms with E-state index in [0.717, 1.165) is 29.2 Å². The van der Waals surface area contributed by atoms with E-state index in [9.17, 15) is 22.7 Å². The van der Waals surface area contributed by atoms with Crippen LogP contribution in [0.3, 0.4) is 0 Å². The first-order valence-corrected chi connectivity index (χ1v) is 16.5. The summed E-state index contributed by atoms with van der Waals surface area (Å²) in [7, 11) is -2.17. The van der Waals surface area contributed by atoms with Crippen LogP contribution in [-0.4, -0.2) is 68.1 Å². The quantitative estimate of drug-likeness (QED) is 0.213. The molecule has 11 heteroatoms. The number of aliphatic hydroxyl groups excluding tert-OH is 1. The number of sulfonamides is 1. The first-order valence-electron chi connectivity index (χ1n) is 15.0. The van der Waals surface area contributed by atoms with Crippen molar-refractivity contribution in [2.75, 3.05) is 31.5 Å². The molecule has 46 heavy (non-hydrogen) atoms. The number of benzene rings is 4. The molecule has 0 spiro atoms. The second-order valence-corrected chi connectivity index (χ2v) is 13.3. The number of hydrogen-bond donors (Lipinski definition) is 2. The van der Waals surface area contributed by atoms with Crippen LogP contribution in [-0.2, 0) is 16.6 Å². The van der Waals surface area contributed by atoms with Crippen molar-refractivity contribution in [1.29, 1.82) is 0 Å². The van der Waals surface area contributed by atoms with E-state index in [1.54, 1.807) is 24.0 Å². The number of likely N-dealkylation sites (N-methyl/N-ethyl adjacent to an activating group) is 1. The van der Waals surface area contributed by atoms with E-state index in [0.29, 0.717) is 19.6 Å². The number of aliphatic hydroxyl groups is 1. The van der Waals surface area contributed by atoms with Crippen molar-refractivity contribution in [2.24, 2.45) is 5.92 Å². The molecule has 3 atom stereocenters. The van der Waals surface area contributed by atoms with Gasteiger partial charge in [-0.1, -0.05) is 43.3 Å². The van der Waals surface area contributed by atoms with E-state index in [1.165, 1.54) is 18.2 Å². The standard InChI is InChI=1S/C35H38FN3O6S/c1-24-20-39(25(2)23-40)35(41)31-10-7-11-32(37-46(42,43)30-18-14-27(36)15-19-30)34(31)45-33(24)22-38(3)21-26-12-16-29(17-13-26)44-28-8-5-4-6-9-28/h4-19,24-25,33,37,40H,20-23H2,1-3H3/t24-,25-,33+/m1/s1. The van der Waals surface area contributed by atoms with E-state index in [1.807, 2.05) is 68.6 Å². The molecule has 0 fully saturated rings. The Labute approximate surface area is 269 Å². The van der Waals surface area contributed by atoms with Gasteiger partial charge in [0.25, 0.3) is 15.9 Å². The van der Waals surface area contributed by atoms with Crippen molar-refractivity contribution < 1.29 is 32.2 Å². The summed E-state index contributed by atoms with van der Waals surface area (Å²) >= 11 is 0. The van der Waals surface area contributed by atoms with Gasteiger partial charge in [0.2, 0.25) is 0 Å². The summed E-state index contributed by atoms with van der Waals surface area (Å²) in [6.45, 7) is 4.88. The van der Waals surface area contributed by atoms with Crippen LogP contribution < -0.4 is 14.2 Å². The topological polar surface area (TPSA) is 108 Å². The Bertz CT molecular complexity index is 1740. The summed E-state index contributed by atoms with van der Waals surface area (Å²) < 4.78 is 55.0. The average Bonchev–Trinajstić information content (AvgIpc) is 3.04. The molecular formula is C35H38FN3O6S. The Morgan fingerprint density at radius 2 is 1.67 bits per heavy atom. The Hall–Kier alpha value is -4.45. The molecule has 0 aromatic heterocycles. The molecule has 4 aromatic carbocycles. The number of anilines is 1. The van der Waals surface area contributed by atoms with Crippen LogP contribution in [0, 0.1) is 11.7 Å². The van der Waals surface area contributed by atoms with Crippen molar-refractivity contribution in [1.82, 2.24) is 9.80 Å². The molecule has 0 unspecified atom stereocenters. The number of halogens is 1.